The van der Waals surface area contributed by atoms with E-state index >= 15 is 0 Å². The fourth-order valence-electron chi connectivity index (χ4n) is 1.57. The Hall–Kier alpha value is -1.40. The maximum atomic E-state index is 12.8. The predicted octanol–water partition coefficient (Wildman–Crippen LogP) is 3.29. The van der Waals surface area contributed by atoms with Crippen molar-refractivity contribution in [1.29, 1.82) is 0 Å². The van der Waals surface area contributed by atoms with Crippen LogP contribution in [0.4, 0.5) is 13.2 Å². The zero-order valence-corrected chi connectivity index (χ0v) is 10.7. The van der Waals surface area contributed by atoms with Gasteiger partial charge in [0.15, 0.2) is 0 Å². The molecule has 0 aliphatic heterocycles. The van der Waals surface area contributed by atoms with E-state index in [0.717, 1.165) is 12.1 Å². The molecule has 0 aliphatic carbocycles. The van der Waals surface area contributed by atoms with Crippen molar-refractivity contribution in [2.75, 3.05) is 13.2 Å². The monoisotopic (exact) mass is 276 g/mol. The molecule has 0 fully saturated rings. The lowest BCUT2D eigenvalue weighted by atomic mass is 10.0. The van der Waals surface area contributed by atoms with Crippen LogP contribution in [0.2, 0.25) is 0 Å². The van der Waals surface area contributed by atoms with Crippen molar-refractivity contribution in [3.8, 4) is 0 Å². The number of ketones is 1. The molecule has 0 amide bonds. The van der Waals surface area contributed by atoms with Gasteiger partial charge in [-0.25, -0.2) is 0 Å². The third-order valence-electron chi connectivity index (χ3n) is 2.35. The lowest BCUT2D eigenvalue weighted by Gasteiger charge is -2.18. The van der Waals surface area contributed by atoms with Gasteiger partial charge in [0.2, 0.25) is 12.1 Å². The average Bonchev–Trinajstić information content (AvgIpc) is 2.37. The zero-order valence-electron chi connectivity index (χ0n) is 10.7. The molecule has 0 unspecified atom stereocenters. The van der Waals surface area contributed by atoms with Gasteiger partial charge in [-0.1, -0.05) is 18.2 Å². The number of hydrogen-bond donors (Lipinski definition) is 0. The van der Waals surface area contributed by atoms with Crippen LogP contribution in [-0.4, -0.2) is 25.3 Å². The van der Waals surface area contributed by atoms with Gasteiger partial charge in [-0.15, -0.1) is 0 Å². The molecule has 106 valence electrons. The molecule has 0 spiro atoms. The fraction of sp³-hybridized carbons (Fsp3) is 0.462. The van der Waals surface area contributed by atoms with Crippen LogP contribution in [0.3, 0.4) is 0 Å². The van der Waals surface area contributed by atoms with Gasteiger partial charge >= 0.3 is 6.18 Å². The van der Waals surface area contributed by atoms with Gasteiger partial charge < -0.3 is 9.47 Å². The number of hydrogen-bond acceptors (Lipinski definition) is 3. The molecular formula is C13H15F3O3. The van der Waals surface area contributed by atoms with Crippen molar-refractivity contribution in [2.45, 2.75) is 26.3 Å². The number of halogens is 3. The number of carbonyl (C=O) groups is 1. The Morgan fingerprint density at radius 1 is 1.16 bits per heavy atom. The van der Waals surface area contributed by atoms with Crippen LogP contribution >= 0.6 is 0 Å². The third-order valence-corrected chi connectivity index (χ3v) is 2.35. The summed E-state index contributed by atoms with van der Waals surface area (Å²) in [7, 11) is 0. The Bertz CT molecular complexity index is 423. The SMILES string of the molecule is CCOC(OCC)C(=O)c1ccccc1C(F)(F)F. The van der Waals surface area contributed by atoms with E-state index < -0.39 is 29.4 Å². The van der Waals surface area contributed by atoms with E-state index in [0.29, 0.717) is 0 Å². The predicted molar refractivity (Wildman–Crippen MR) is 62.8 cm³/mol. The van der Waals surface area contributed by atoms with Crippen LogP contribution in [0.25, 0.3) is 0 Å². The summed E-state index contributed by atoms with van der Waals surface area (Å²) < 4.78 is 48.5. The highest BCUT2D eigenvalue weighted by molar-refractivity contribution is 6.00. The molecule has 1 aromatic carbocycles. The molecule has 6 heteroatoms. The van der Waals surface area contributed by atoms with E-state index in [1.54, 1.807) is 13.8 Å². The van der Waals surface area contributed by atoms with Crippen molar-refractivity contribution in [3.05, 3.63) is 35.4 Å². The molecule has 0 saturated carbocycles. The first kappa shape index (κ1) is 15.7. The maximum absolute atomic E-state index is 12.8. The average molecular weight is 276 g/mol. The number of carbonyl (C=O) groups excluding carboxylic acids is 1. The first-order valence-electron chi connectivity index (χ1n) is 5.85. The summed E-state index contributed by atoms with van der Waals surface area (Å²) >= 11 is 0. The Balaban J connectivity index is 3.11. The van der Waals surface area contributed by atoms with E-state index in [1.807, 2.05) is 0 Å². The minimum atomic E-state index is -4.59. The first-order chi connectivity index (χ1) is 8.91. The van der Waals surface area contributed by atoms with Crippen molar-refractivity contribution in [1.82, 2.24) is 0 Å². The number of rotatable bonds is 6. The van der Waals surface area contributed by atoms with E-state index in [9.17, 15) is 18.0 Å². The number of Topliss-reactive ketones (excluding diaryl/α,β-unsaturated/α-hetero) is 1. The smallest absolute Gasteiger partial charge is 0.346 e. The topological polar surface area (TPSA) is 35.5 Å². The second kappa shape index (κ2) is 6.68. The highest BCUT2D eigenvalue weighted by Crippen LogP contribution is 2.32. The summed E-state index contributed by atoms with van der Waals surface area (Å²) in [6.45, 7) is 3.61. The Labute approximate surface area is 109 Å². The van der Waals surface area contributed by atoms with Gasteiger partial charge in [-0.3, -0.25) is 4.79 Å². The van der Waals surface area contributed by atoms with Crippen LogP contribution in [0.5, 0.6) is 0 Å². The zero-order chi connectivity index (χ0) is 14.5. The van der Waals surface area contributed by atoms with Crippen LogP contribution in [-0.2, 0) is 15.7 Å². The lowest BCUT2D eigenvalue weighted by molar-refractivity contribution is -0.138. The minimum Gasteiger partial charge on any atom is -0.346 e. The quantitative estimate of drug-likeness (QED) is 0.591. The molecule has 0 saturated heterocycles. The molecular weight excluding hydrogens is 261 g/mol. The van der Waals surface area contributed by atoms with Gasteiger partial charge in [0.05, 0.1) is 5.56 Å². The summed E-state index contributed by atoms with van der Waals surface area (Å²) in [6, 6.07) is 4.59. The molecule has 1 rings (SSSR count). The van der Waals surface area contributed by atoms with Crippen molar-refractivity contribution >= 4 is 5.78 Å². The second-order valence-corrected chi connectivity index (χ2v) is 3.65. The van der Waals surface area contributed by atoms with E-state index in [4.69, 9.17) is 9.47 Å². The van der Waals surface area contributed by atoms with Gasteiger partial charge in [-0.2, -0.15) is 13.2 Å². The Morgan fingerprint density at radius 3 is 2.16 bits per heavy atom. The normalized spacial score (nSPS) is 11.9. The number of alkyl halides is 3. The second-order valence-electron chi connectivity index (χ2n) is 3.65. The number of ether oxygens (including phenoxy) is 2. The van der Waals surface area contributed by atoms with Crippen LogP contribution in [0, 0.1) is 0 Å². The fourth-order valence-corrected chi connectivity index (χ4v) is 1.57. The van der Waals surface area contributed by atoms with E-state index in [-0.39, 0.29) is 13.2 Å². The molecule has 0 N–H and O–H groups in total. The molecule has 1 aromatic rings. The highest BCUT2D eigenvalue weighted by Gasteiger charge is 2.36. The van der Waals surface area contributed by atoms with Crippen molar-refractivity contribution in [3.63, 3.8) is 0 Å². The molecule has 0 heterocycles. The minimum absolute atomic E-state index is 0.171. The van der Waals surface area contributed by atoms with Gasteiger partial charge in [0, 0.05) is 18.8 Å². The Morgan fingerprint density at radius 2 is 1.68 bits per heavy atom. The summed E-state index contributed by atoms with van der Waals surface area (Å²) in [5.74, 6) is -0.823. The molecule has 0 atom stereocenters. The lowest BCUT2D eigenvalue weighted by Crippen LogP contribution is -2.29. The van der Waals surface area contributed by atoms with E-state index in [1.165, 1.54) is 12.1 Å². The van der Waals surface area contributed by atoms with Crippen LogP contribution < -0.4 is 0 Å². The van der Waals surface area contributed by atoms with Crippen molar-refractivity contribution in [2.24, 2.45) is 0 Å². The summed E-state index contributed by atoms with van der Waals surface area (Å²) in [6.07, 6.45) is -5.90. The van der Waals surface area contributed by atoms with Gasteiger partial charge in [-0.05, 0) is 19.9 Å². The largest absolute Gasteiger partial charge is 0.417 e. The molecule has 0 aromatic heterocycles. The summed E-state index contributed by atoms with van der Waals surface area (Å²) in [5, 5.41) is 0. The molecule has 0 bridgehead atoms. The van der Waals surface area contributed by atoms with Crippen LogP contribution in [0.15, 0.2) is 24.3 Å². The Kier molecular flexibility index (Phi) is 5.50. The molecule has 19 heavy (non-hydrogen) atoms. The van der Waals surface area contributed by atoms with E-state index in [2.05, 4.69) is 0 Å². The van der Waals surface area contributed by atoms with Crippen LogP contribution in [0.1, 0.15) is 29.8 Å². The summed E-state index contributed by atoms with van der Waals surface area (Å²) in [4.78, 5) is 12.0. The third kappa shape index (κ3) is 4.04. The number of benzene rings is 1. The standard InChI is InChI=1S/C13H15F3O3/c1-3-18-12(19-4-2)11(17)9-7-5-6-8-10(9)13(14,15)16/h5-8,12H,3-4H2,1-2H3. The van der Waals surface area contributed by atoms with Crippen molar-refractivity contribution < 1.29 is 27.4 Å². The molecule has 0 aliphatic rings. The van der Waals surface area contributed by atoms with Gasteiger partial charge in [0.1, 0.15) is 0 Å². The first-order valence-corrected chi connectivity index (χ1v) is 5.85. The molecule has 3 nitrogen and oxygen atoms in total. The van der Waals surface area contributed by atoms with Gasteiger partial charge in [0.25, 0.3) is 0 Å². The summed E-state index contributed by atoms with van der Waals surface area (Å²) in [5.41, 5.74) is -1.42. The highest BCUT2D eigenvalue weighted by atomic mass is 19.4. The molecule has 0 radical (unpaired) electrons. The maximum Gasteiger partial charge on any atom is 0.417 e.